The summed E-state index contributed by atoms with van der Waals surface area (Å²) in [5, 5.41) is 4.14. The molecule has 0 radical (unpaired) electrons. The van der Waals surface area contributed by atoms with E-state index in [0.717, 1.165) is 15.4 Å². The van der Waals surface area contributed by atoms with E-state index in [4.69, 9.17) is 9.15 Å². The summed E-state index contributed by atoms with van der Waals surface area (Å²) in [7, 11) is 1.67. The van der Waals surface area contributed by atoms with E-state index in [1.807, 2.05) is 22.9 Å². The molecule has 120 valence electrons. The van der Waals surface area contributed by atoms with Gasteiger partial charge in [0.1, 0.15) is 0 Å². The average molecular weight is 347 g/mol. The second-order valence-corrected chi connectivity index (χ2v) is 6.44. The number of rotatable bonds is 7. The lowest BCUT2D eigenvalue weighted by atomic mass is 10.3. The topological polar surface area (TPSA) is 51.7 Å². The first-order valence-corrected chi connectivity index (χ1v) is 8.79. The summed E-state index contributed by atoms with van der Waals surface area (Å²) >= 11 is 3.26. The van der Waals surface area contributed by atoms with E-state index in [9.17, 15) is 0 Å². The molecule has 0 amide bonds. The Hall–Kier alpha value is -2.09. The van der Waals surface area contributed by atoms with Crippen LogP contribution in [0.1, 0.15) is 5.76 Å². The van der Waals surface area contributed by atoms with Gasteiger partial charge in [-0.2, -0.15) is 0 Å². The van der Waals surface area contributed by atoms with Crippen molar-refractivity contribution in [3.8, 4) is 10.6 Å². The predicted octanol–water partition coefficient (Wildman–Crippen LogP) is 3.63. The maximum Gasteiger partial charge on any atom is 0.204 e. The van der Waals surface area contributed by atoms with Crippen LogP contribution in [0, 0.1) is 0 Å². The highest BCUT2D eigenvalue weighted by Crippen LogP contribution is 2.25. The minimum absolute atomic E-state index is 0.589. The smallest absolute Gasteiger partial charge is 0.204 e. The summed E-state index contributed by atoms with van der Waals surface area (Å²) in [4.78, 5) is 6.61. The molecule has 5 nitrogen and oxygen atoms in total. The van der Waals surface area contributed by atoms with Crippen LogP contribution in [-0.4, -0.2) is 24.9 Å². The quantitative estimate of drug-likeness (QED) is 0.664. The normalized spacial score (nSPS) is 11.8. The predicted molar refractivity (Wildman–Crippen MR) is 95.0 cm³/mol. The molecule has 7 heteroatoms. The van der Waals surface area contributed by atoms with Crippen molar-refractivity contribution in [2.45, 2.75) is 0 Å². The Morgan fingerprint density at radius 1 is 1.39 bits per heavy atom. The summed E-state index contributed by atoms with van der Waals surface area (Å²) in [5.41, 5.74) is 5.02. The summed E-state index contributed by atoms with van der Waals surface area (Å²) in [5.74, 6) is 0.698. The number of hydrogen-bond acceptors (Lipinski definition) is 6. The molecule has 0 aliphatic heterocycles. The van der Waals surface area contributed by atoms with Crippen LogP contribution in [0.4, 0.5) is 0 Å². The van der Waals surface area contributed by atoms with Gasteiger partial charge in [-0.1, -0.05) is 12.6 Å². The maximum absolute atomic E-state index is 5.39. The molecule has 0 atom stereocenters. The second kappa shape index (κ2) is 7.45. The average Bonchev–Trinajstić information content (AvgIpc) is 3.29. The lowest BCUT2D eigenvalue weighted by Crippen LogP contribution is -2.25. The van der Waals surface area contributed by atoms with Crippen LogP contribution in [0.5, 0.6) is 0 Å². The first-order valence-electron chi connectivity index (χ1n) is 7.03. The van der Waals surface area contributed by atoms with E-state index in [-0.39, 0.29) is 0 Å². The Labute approximate surface area is 142 Å². The molecule has 0 aliphatic carbocycles. The van der Waals surface area contributed by atoms with Crippen LogP contribution in [0.15, 0.2) is 57.3 Å². The van der Waals surface area contributed by atoms with Gasteiger partial charge in [0.05, 0.1) is 35.7 Å². The van der Waals surface area contributed by atoms with Crippen molar-refractivity contribution in [1.82, 2.24) is 4.68 Å². The van der Waals surface area contributed by atoms with E-state index in [2.05, 4.69) is 33.8 Å². The number of thiophene rings is 1. The van der Waals surface area contributed by atoms with Crippen LogP contribution in [0.25, 0.3) is 16.3 Å². The number of aromatic nitrogens is 1. The van der Waals surface area contributed by atoms with Crippen LogP contribution in [0.3, 0.4) is 0 Å². The summed E-state index contributed by atoms with van der Waals surface area (Å²) < 4.78 is 12.4. The molecule has 0 aliphatic rings. The molecule has 0 saturated heterocycles. The molecular formula is C16H17N3O2S2. The molecule has 0 fully saturated rings. The molecule has 0 spiro atoms. The van der Waals surface area contributed by atoms with E-state index >= 15 is 0 Å². The van der Waals surface area contributed by atoms with E-state index < -0.39 is 0 Å². The number of hydrogen-bond donors (Lipinski definition) is 1. The lowest BCUT2D eigenvalue weighted by Gasteiger charge is -2.11. The van der Waals surface area contributed by atoms with Gasteiger partial charge in [-0.05, 0) is 23.6 Å². The Morgan fingerprint density at radius 2 is 2.30 bits per heavy atom. The summed E-state index contributed by atoms with van der Waals surface area (Å²) in [6.45, 7) is 5.24. The highest BCUT2D eigenvalue weighted by atomic mass is 32.1. The van der Waals surface area contributed by atoms with Gasteiger partial charge in [0, 0.05) is 12.5 Å². The Bertz CT molecular complexity index is 814. The van der Waals surface area contributed by atoms with Crippen molar-refractivity contribution in [2.24, 2.45) is 4.99 Å². The van der Waals surface area contributed by atoms with Gasteiger partial charge in [0.2, 0.25) is 4.80 Å². The second-order valence-electron chi connectivity index (χ2n) is 4.66. The molecule has 23 heavy (non-hydrogen) atoms. The van der Waals surface area contributed by atoms with Crippen molar-refractivity contribution < 1.29 is 9.15 Å². The highest BCUT2D eigenvalue weighted by molar-refractivity contribution is 7.14. The summed E-state index contributed by atoms with van der Waals surface area (Å²) in [6.07, 6.45) is 1.63. The third-order valence-electron chi connectivity index (χ3n) is 3.09. The van der Waals surface area contributed by atoms with Crippen LogP contribution < -0.4 is 10.2 Å². The van der Waals surface area contributed by atoms with Crippen molar-refractivity contribution >= 4 is 28.4 Å². The fourth-order valence-electron chi connectivity index (χ4n) is 2.00. The Balaban J connectivity index is 1.95. The van der Waals surface area contributed by atoms with Crippen LogP contribution >= 0.6 is 22.7 Å². The highest BCUT2D eigenvalue weighted by Gasteiger charge is 2.11. The molecular weight excluding hydrogens is 330 g/mol. The number of nitrogens with one attached hydrogen (secondary N) is 1. The monoisotopic (exact) mass is 347 g/mol. The van der Waals surface area contributed by atoms with E-state index in [1.165, 1.54) is 0 Å². The van der Waals surface area contributed by atoms with Crippen LogP contribution in [0.2, 0.25) is 0 Å². The zero-order chi connectivity index (χ0) is 16.1. The third-order valence-corrected chi connectivity index (χ3v) is 4.85. The first-order chi connectivity index (χ1) is 11.3. The molecule has 3 rings (SSSR count). The first kappa shape index (κ1) is 15.8. The van der Waals surface area contributed by atoms with Gasteiger partial charge < -0.3 is 9.15 Å². The van der Waals surface area contributed by atoms with Gasteiger partial charge in [-0.25, -0.2) is 4.68 Å². The SMILES string of the molecule is C=C(Nn1c(-c2cccs2)csc1=NCCOC)c1ccco1. The molecule has 0 bridgehead atoms. The van der Waals surface area contributed by atoms with Crippen LogP contribution in [-0.2, 0) is 4.74 Å². The minimum Gasteiger partial charge on any atom is -0.463 e. The molecule has 3 heterocycles. The number of furan rings is 1. The number of thiazole rings is 1. The Morgan fingerprint density at radius 3 is 3.00 bits per heavy atom. The zero-order valence-electron chi connectivity index (χ0n) is 12.7. The number of methoxy groups -OCH3 is 1. The Kier molecular flexibility index (Phi) is 5.12. The van der Waals surface area contributed by atoms with Crippen molar-refractivity contribution in [3.63, 3.8) is 0 Å². The van der Waals surface area contributed by atoms with Crippen molar-refractivity contribution in [3.05, 3.63) is 58.4 Å². The van der Waals surface area contributed by atoms with Gasteiger partial charge >= 0.3 is 0 Å². The van der Waals surface area contributed by atoms with Gasteiger partial charge in [-0.3, -0.25) is 10.4 Å². The van der Waals surface area contributed by atoms with Gasteiger partial charge in [-0.15, -0.1) is 22.7 Å². The van der Waals surface area contributed by atoms with E-state index in [1.54, 1.807) is 36.0 Å². The molecule has 0 unspecified atom stereocenters. The number of nitrogens with zero attached hydrogens (tertiary/aromatic N) is 2. The zero-order valence-corrected chi connectivity index (χ0v) is 14.3. The van der Waals surface area contributed by atoms with Crippen molar-refractivity contribution in [2.75, 3.05) is 25.7 Å². The summed E-state index contributed by atoms with van der Waals surface area (Å²) in [6, 6.07) is 7.82. The lowest BCUT2D eigenvalue weighted by molar-refractivity contribution is 0.207. The molecule has 0 saturated carbocycles. The minimum atomic E-state index is 0.589. The third kappa shape index (κ3) is 3.64. The number of ether oxygens (including phenoxy) is 1. The largest absolute Gasteiger partial charge is 0.463 e. The van der Waals surface area contributed by atoms with Gasteiger partial charge in [0.15, 0.2) is 5.76 Å². The van der Waals surface area contributed by atoms with Crippen molar-refractivity contribution in [1.29, 1.82) is 0 Å². The maximum atomic E-state index is 5.39. The fourth-order valence-corrected chi connectivity index (χ4v) is 3.67. The molecule has 1 N–H and O–H groups in total. The molecule has 3 aromatic rings. The molecule has 3 aromatic heterocycles. The molecule has 0 aromatic carbocycles. The van der Waals surface area contributed by atoms with Gasteiger partial charge in [0.25, 0.3) is 0 Å². The standard InChI is InChI=1S/C16H17N3O2S2/c1-12(14-5-3-8-21-14)18-19-13(15-6-4-10-22-15)11-23-16(19)17-7-9-20-2/h3-6,8,10-11,18H,1,7,9H2,2H3. The fraction of sp³-hybridized carbons (Fsp3) is 0.188. The van der Waals surface area contributed by atoms with E-state index in [0.29, 0.717) is 24.6 Å².